The highest BCUT2D eigenvalue weighted by atomic mass is 16.8. The zero-order valence-corrected chi connectivity index (χ0v) is 26.6. The first kappa shape index (κ1) is 32.2. The summed E-state index contributed by atoms with van der Waals surface area (Å²) in [5, 5.41) is 36.3. The Kier molecular flexibility index (Phi) is 8.24. The van der Waals surface area contributed by atoms with E-state index in [-0.39, 0.29) is 24.3 Å². The molecular weight excluding hydrogens is 626 g/mol. The maximum atomic E-state index is 14.0. The third-order valence-electron chi connectivity index (χ3n) is 9.58. The zero-order chi connectivity index (χ0) is 33.9. The number of aryl methyl sites for hydroxylation is 1. The monoisotopic (exact) mass is 661 g/mol. The zero-order valence-electron chi connectivity index (χ0n) is 26.6. The summed E-state index contributed by atoms with van der Waals surface area (Å²) in [5.74, 6) is 11.3. The van der Waals surface area contributed by atoms with Gasteiger partial charge in [0.2, 0.25) is 5.60 Å². The number of nitrogens with one attached hydrogen (secondary N) is 1. The highest BCUT2D eigenvalue weighted by Crippen LogP contribution is 2.44. The van der Waals surface area contributed by atoms with Crippen LogP contribution in [-0.4, -0.2) is 109 Å². The number of carbonyl (C=O) groups is 2. The van der Waals surface area contributed by atoms with Crippen molar-refractivity contribution < 1.29 is 58.1 Å². The van der Waals surface area contributed by atoms with Crippen LogP contribution in [0, 0.1) is 36.5 Å². The predicted octanol–water partition coefficient (Wildman–Crippen LogP) is 1.47. The van der Waals surface area contributed by atoms with Gasteiger partial charge in [-0.05, 0) is 56.1 Å². The van der Waals surface area contributed by atoms with E-state index in [1.807, 2.05) is 13.0 Å². The maximum Gasteiger partial charge on any atom is 0.508 e. The molecule has 11 atom stereocenters. The third kappa shape index (κ3) is 5.43. The molecule has 0 bridgehead atoms. The van der Waals surface area contributed by atoms with Crippen LogP contribution in [-0.2, 0) is 28.4 Å². The molecule has 4 N–H and O–H groups in total. The Morgan fingerprint density at radius 2 is 1.98 bits per heavy atom. The molecule has 3 fully saturated rings. The molecule has 2 aromatic carbocycles. The fourth-order valence-corrected chi connectivity index (χ4v) is 6.82. The summed E-state index contributed by atoms with van der Waals surface area (Å²) in [6, 6.07) is 5.81. The second-order valence-corrected chi connectivity index (χ2v) is 12.4. The first-order valence-corrected chi connectivity index (χ1v) is 15.6. The highest BCUT2D eigenvalue weighted by molar-refractivity contribution is 6.08. The minimum absolute atomic E-state index is 0.0320. The highest BCUT2D eigenvalue weighted by Gasteiger charge is 2.65. The largest absolute Gasteiger partial charge is 0.508 e. The quantitative estimate of drug-likeness (QED) is 0.191. The van der Waals surface area contributed by atoms with Crippen LogP contribution in [0.2, 0.25) is 0 Å². The fourth-order valence-electron chi connectivity index (χ4n) is 6.82. The van der Waals surface area contributed by atoms with E-state index in [9.17, 15) is 24.9 Å². The van der Waals surface area contributed by atoms with Crippen LogP contribution in [0.4, 0.5) is 4.79 Å². The van der Waals surface area contributed by atoms with E-state index >= 15 is 0 Å². The van der Waals surface area contributed by atoms with Crippen molar-refractivity contribution in [2.75, 3.05) is 20.8 Å². The van der Waals surface area contributed by atoms with Gasteiger partial charge in [-0.1, -0.05) is 29.7 Å². The minimum Gasteiger partial charge on any atom is -0.507 e. The molecule has 1 unspecified atom stereocenters. The van der Waals surface area contributed by atoms with Crippen LogP contribution >= 0.6 is 0 Å². The average Bonchev–Trinajstić information content (AvgIpc) is 3.39. The molecule has 3 saturated heterocycles. The molecule has 48 heavy (non-hydrogen) atoms. The fraction of sp³-hybridized carbons (Fsp3) is 0.486. The first-order valence-electron chi connectivity index (χ1n) is 15.6. The number of rotatable bonds is 7. The Labute approximate surface area is 276 Å². The summed E-state index contributed by atoms with van der Waals surface area (Å²) in [6.45, 7) is 3.46. The molecule has 13 nitrogen and oxygen atoms in total. The molecule has 0 saturated carbocycles. The van der Waals surface area contributed by atoms with Crippen molar-refractivity contribution in [1.82, 2.24) is 5.32 Å². The number of aliphatic hydroxyl groups is 2. The summed E-state index contributed by atoms with van der Waals surface area (Å²) < 4.78 is 40.2. The van der Waals surface area contributed by atoms with E-state index in [0.29, 0.717) is 16.7 Å². The number of ether oxygens (including phenoxy) is 7. The first-order chi connectivity index (χ1) is 23.0. The van der Waals surface area contributed by atoms with Gasteiger partial charge in [-0.15, -0.1) is 0 Å². The van der Waals surface area contributed by atoms with E-state index in [1.165, 1.54) is 13.2 Å². The number of phenolic OH excluding ortho intramolecular Hbond substituents is 1. The molecule has 2 aliphatic carbocycles. The van der Waals surface area contributed by atoms with Gasteiger partial charge in [0.15, 0.2) is 18.5 Å². The smallest absolute Gasteiger partial charge is 0.507 e. The van der Waals surface area contributed by atoms with Gasteiger partial charge in [-0.3, -0.25) is 0 Å². The van der Waals surface area contributed by atoms with Crippen molar-refractivity contribution in [2.45, 2.75) is 80.9 Å². The van der Waals surface area contributed by atoms with Crippen LogP contribution in [0.15, 0.2) is 35.9 Å². The number of hydrogen-bond acceptors (Lipinski definition) is 13. The number of cyclic esters (lactones) is 2. The van der Waals surface area contributed by atoms with Crippen molar-refractivity contribution in [3.05, 3.63) is 47.0 Å². The molecule has 3 heterocycles. The van der Waals surface area contributed by atoms with Crippen molar-refractivity contribution in [2.24, 2.45) is 5.92 Å². The number of epoxide rings is 1. The van der Waals surface area contributed by atoms with Crippen LogP contribution in [0.3, 0.4) is 0 Å². The van der Waals surface area contributed by atoms with Gasteiger partial charge in [0.05, 0.1) is 19.3 Å². The van der Waals surface area contributed by atoms with Crippen LogP contribution in [0.25, 0.3) is 10.8 Å². The molecule has 0 aromatic heterocycles. The second kappa shape index (κ2) is 12.3. The van der Waals surface area contributed by atoms with Crippen molar-refractivity contribution in [1.29, 1.82) is 0 Å². The molecule has 252 valence electrons. The standard InChI is InChI=1S/C35H35NO12/c1-16-12-19(42-4)14-22-20(16)8-9-23(37)27(22)32(40)45-24-13-18-10-11-35(26-15-43-34(41)46-26)25(48-35)7-5-6-21(18)31(24)47-33-28(36-3)30(39)29(38)17(2)44-33/h8-9,12-14,17,21,24-26,28-31,33,36-39H,6,15H2,1-4H3/t17-,21?,24-,25+,26-,28-,29+,30-,31-,33-,35+/m1/s1. The van der Waals surface area contributed by atoms with Gasteiger partial charge in [0.1, 0.15) is 48.1 Å². The average molecular weight is 662 g/mol. The lowest BCUT2D eigenvalue weighted by Crippen LogP contribution is -2.63. The number of fused-ring (bicyclic) bond motifs is 3. The molecule has 7 rings (SSSR count). The Balaban J connectivity index is 1.26. The topological polar surface area (TPSA) is 175 Å². The Bertz CT molecular complexity index is 1820. The van der Waals surface area contributed by atoms with Gasteiger partial charge in [-0.2, -0.15) is 0 Å². The van der Waals surface area contributed by atoms with Crippen LogP contribution in [0.5, 0.6) is 11.5 Å². The van der Waals surface area contributed by atoms with E-state index in [2.05, 4.69) is 29.0 Å². The number of benzene rings is 2. The van der Waals surface area contributed by atoms with Gasteiger partial charge >= 0.3 is 12.1 Å². The van der Waals surface area contributed by atoms with Crippen molar-refractivity contribution in [3.63, 3.8) is 0 Å². The summed E-state index contributed by atoms with van der Waals surface area (Å²) in [5.41, 5.74) is 0.147. The molecular formula is C35H35NO12. The Morgan fingerprint density at radius 1 is 1.17 bits per heavy atom. The van der Waals surface area contributed by atoms with Crippen molar-refractivity contribution >= 4 is 22.9 Å². The lowest BCUT2D eigenvalue weighted by Gasteiger charge is -2.43. The van der Waals surface area contributed by atoms with Crippen LogP contribution < -0.4 is 10.1 Å². The number of likely N-dealkylation sites (N-methyl/N-ethyl adjacent to an activating group) is 1. The summed E-state index contributed by atoms with van der Waals surface area (Å²) in [6.07, 6.45) is -6.46. The molecule has 13 heteroatoms. The molecule has 0 spiro atoms. The third-order valence-corrected chi connectivity index (χ3v) is 9.58. The predicted molar refractivity (Wildman–Crippen MR) is 166 cm³/mol. The molecule has 0 amide bonds. The summed E-state index contributed by atoms with van der Waals surface area (Å²) >= 11 is 0. The van der Waals surface area contributed by atoms with E-state index < -0.39 is 78.7 Å². The maximum absolute atomic E-state index is 14.0. The summed E-state index contributed by atoms with van der Waals surface area (Å²) in [4.78, 5) is 25.7. The normalized spacial score (nSPS) is 36.3. The SMILES string of the molecule is CN[C@H]1[C@@H](O[C@@H]2C3CC#C[C@@H]4O[C@@]4([C@H]4COC(=O)O4)C#CC3=C[C@H]2OC(=O)c2c(O)ccc3c(C)cc(OC)cc23)O[C@H](C)[C@H](O)[C@@H]1O. The molecule has 0 radical (unpaired) electrons. The van der Waals surface area contributed by atoms with Gasteiger partial charge < -0.3 is 53.8 Å². The number of methoxy groups -OCH3 is 1. The van der Waals surface area contributed by atoms with E-state index in [0.717, 1.165) is 10.9 Å². The molecule has 3 aliphatic heterocycles. The lowest BCUT2D eigenvalue weighted by atomic mass is 9.94. The summed E-state index contributed by atoms with van der Waals surface area (Å²) in [7, 11) is 3.12. The molecule has 5 aliphatic rings. The van der Waals surface area contributed by atoms with Gasteiger partial charge in [0.25, 0.3) is 0 Å². The van der Waals surface area contributed by atoms with Crippen molar-refractivity contribution in [3.8, 4) is 35.2 Å². The number of carbonyl (C=O) groups excluding carboxylic acids is 2. The minimum atomic E-state index is -1.22. The number of esters is 1. The molecule has 2 aromatic rings. The Morgan fingerprint density at radius 3 is 2.71 bits per heavy atom. The van der Waals surface area contributed by atoms with E-state index in [1.54, 1.807) is 32.2 Å². The number of phenols is 1. The van der Waals surface area contributed by atoms with Gasteiger partial charge in [-0.25, -0.2) is 9.59 Å². The second-order valence-electron chi connectivity index (χ2n) is 12.4. The number of aliphatic hydroxyl groups excluding tert-OH is 2. The van der Waals surface area contributed by atoms with Gasteiger partial charge in [0, 0.05) is 23.3 Å². The lowest BCUT2D eigenvalue weighted by molar-refractivity contribution is -0.281. The van der Waals surface area contributed by atoms with Crippen LogP contribution in [0.1, 0.15) is 29.3 Å². The number of aromatic hydroxyl groups is 1. The Hall–Kier alpha value is -4.34. The number of hydrogen-bond donors (Lipinski definition) is 4. The van der Waals surface area contributed by atoms with E-state index in [4.69, 9.17) is 33.2 Å².